The molecule has 1 aliphatic rings. The Morgan fingerprint density at radius 3 is 2.83 bits per heavy atom. The van der Waals surface area contributed by atoms with Gasteiger partial charge in [-0.05, 0) is 13.8 Å². The van der Waals surface area contributed by atoms with Crippen LogP contribution in [0.4, 0.5) is 0 Å². The topological polar surface area (TPSA) is 41.9 Å². The normalized spacial score (nSPS) is 16.7. The Morgan fingerprint density at radius 1 is 1.75 bits per heavy atom. The summed E-state index contributed by atoms with van der Waals surface area (Å²) in [5, 5.41) is 4.00. The zero-order valence-electron chi connectivity index (χ0n) is 7.08. The van der Waals surface area contributed by atoms with Crippen molar-refractivity contribution in [2.24, 2.45) is 5.10 Å². The molecule has 0 atom stereocenters. The highest BCUT2D eigenvalue weighted by Gasteiger charge is 2.21. The molecular formula is C7H11IN2O2. The van der Waals surface area contributed by atoms with Crippen LogP contribution in [0.5, 0.6) is 0 Å². The van der Waals surface area contributed by atoms with Gasteiger partial charge >= 0.3 is 5.97 Å². The van der Waals surface area contributed by atoms with Gasteiger partial charge in [0.05, 0.1) is 35.5 Å². The summed E-state index contributed by atoms with van der Waals surface area (Å²) in [6, 6.07) is 0. The number of rotatable bonds is 2. The monoisotopic (exact) mass is 282 g/mol. The fraction of sp³-hybridized carbons (Fsp3) is 0.714. The van der Waals surface area contributed by atoms with Gasteiger partial charge in [0.2, 0.25) is 0 Å². The van der Waals surface area contributed by atoms with Crippen LogP contribution in [0.3, 0.4) is 0 Å². The lowest BCUT2D eigenvalue weighted by Gasteiger charge is -2.05. The molecule has 0 bridgehead atoms. The van der Waals surface area contributed by atoms with E-state index >= 15 is 0 Å². The van der Waals surface area contributed by atoms with Crippen LogP contribution in [0.15, 0.2) is 5.10 Å². The van der Waals surface area contributed by atoms with E-state index in [0.717, 1.165) is 6.54 Å². The minimum absolute atomic E-state index is 0.0662. The van der Waals surface area contributed by atoms with Gasteiger partial charge in [-0.1, -0.05) is 0 Å². The molecule has 0 aromatic heterocycles. The number of carbonyl (C=O) groups excluding carboxylic acids is 1. The Kier molecular flexibility index (Phi) is 3.30. The van der Waals surface area contributed by atoms with Crippen LogP contribution >= 0.6 is 22.9 Å². The fourth-order valence-corrected chi connectivity index (χ4v) is 1.36. The van der Waals surface area contributed by atoms with E-state index in [9.17, 15) is 4.79 Å². The highest BCUT2D eigenvalue weighted by Crippen LogP contribution is 2.12. The zero-order valence-corrected chi connectivity index (χ0v) is 9.24. The molecular weight excluding hydrogens is 271 g/mol. The summed E-state index contributed by atoms with van der Waals surface area (Å²) >= 11 is 2.05. The second-order valence-corrected chi connectivity index (χ2v) is 3.92. The number of hydrazone groups is 1. The second kappa shape index (κ2) is 4.06. The van der Waals surface area contributed by atoms with Gasteiger partial charge in [0, 0.05) is 6.42 Å². The van der Waals surface area contributed by atoms with E-state index in [2.05, 4.69) is 28.0 Å². The van der Waals surface area contributed by atoms with E-state index in [-0.39, 0.29) is 12.1 Å². The smallest absolute Gasteiger partial charge is 0.354 e. The van der Waals surface area contributed by atoms with Crippen molar-refractivity contribution in [3.63, 3.8) is 0 Å². The third kappa shape index (κ3) is 2.62. The Balaban J connectivity index is 2.48. The van der Waals surface area contributed by atoms with Crippen LogP contribution in [0.1, 0.15) is 20.3 Å². The number of nitrogens with zero attached hydrogens (tertiary/aromatic N) is 2. The van der Waals surface area contributed by atoms with Crippen molar-refractivity contribution < 1.29 is 9.53 Å². The number of halogens is 1. The first-order valence-electron chi connectivity index (χ1n) is 3.81. The van der Waals surface area contributed by atoms with Crippen molar-refractivity contribution in [1.82, 2.24) is 3.22 Å². The molecule has 4 nitrogen and oxygen atoms in total. The summed E-state index contributed by atoms with van der Waals surface area (Å²) in [4.78, 5) is 11.2. The van der Waals surface area contributed by atoms with Gasteiger partial charge in [0.25, 0.3) is 0 Å². The molecule has 12 heavy (non-hydrogen) atoms. The van der Waals surface area contributed by atoms with Crippen molar-refractivity contribution in [3.8, 4) is 0 Å². The van der Waals surface area contributed by atoms with Gasteiger partial charge < -0.3 is 4.74 Å². The van der Waals surface area contributed by atoms with Crippen molar-refractivity contribution in [3.05, 3.63) is 0 Å². The molecule has 0 aromatic rings. The van der Waals surface area contributed by atoms with Gasteiger partial charge in [0.1, 0.15) is 5.71 Å². The summed E-state index contributed by atoms with van der Waals surface area (Å²) < 4.78 is 6.70. The van der Waals surface area contributed by atoms with E-state index in [1.807, 2.05) is 13.8 Å². The second-order valence-electron chi connectivity index (χ2n) is 2.81. The van der Waals surface area contributed by atoms with Crippen molar-refractivity contribution in [2.45, 2.75) is 26.4 Å². The summed E-state index contributed by atoms with van der Waals surface area (Å²) in [7, 11) is 0. The predicted molar refractivity (Wildman–Crippen MR) is 54.0 cm³/mol. The van der Waals surface area contributed by atoms with Crippen molar-refractivity contribution in [1.29, 1.82) is 0 Å². The number of hydrogen-bond donors (Lipinski definition) is 0. The molecule has 1 aliphatic heterocycles. The first-order chi connectivity index (χ1) is 5.59. The van der Waals surface area contributed by atoms with Gasteiger partial charge in [0.15, 0.2) is 0 Å². The highest BCUT2D eigenvalue weighted by atomic mass is 127. The Bertz CT molecular complexity index is 215. The van der Waals surface area contributed by atoms with Crippen LogP contribution in [0, 0.1) is 0 Å². The molecule has 68 valence electrons. The lowest BCUT2D eigenvalue weighted by atomic mass is 10.3. The highest BCUT2D eigenvalue weighted by molar-refractivity contribution is 14.1. The number of hydrogen-bond acceptors (Lipinski definition) is 4. The van der Waals surface area contributed by atoms with Crippen LogP contribution in [0.2, 0.25) is 0 Å². The van der Waals surface area contributed by atoms with E-state index < -0.39 is 0 Å². The molecule has 1 heterocycles. The summed E-state index contributed by atoms with van der Waals surface area (Å²) in [6.07, 6.45) is 0.623. The Labute approximate surface area is 85.4 Å². The minimum atomic E-state index is -0.288. The molecule has 0 N–H and O–H groups in total. The summed E-state index contributed by atoms with van der Waals surface area (Å²) in [5.41, 5.74) is 0.526. The van der Waals surface area contributed by atoms with Gasteiger partial charge in [-0.3, -0.25) is 0 Å². The molecule has 0 fully saturated rings. The Morgan fingerprint density at radius 2 is 2.42 bits per heavy atom. The molecule has 0 spiro atoms. The lowest BCUT2D eigenvalue weighted by Crippen LogP contribution is -2.19. The number of ether oxygens (including phenoxy) is 1. The van der Waals surface area contributed by atoms with Crippen LogP contribution < -0.4 is 0 Å². The SMILES string of the molecule is CC(C)OC(=O)C1=NN(I)CC1. The molecule has 0 saturated heterocycles. The average Bonchev–Trinajstić information content (AvgIpc) is 2.34. The van der Waals surface area contributed by atoms with E-state index in [1.54, 1.807) is 3.22 Å². The molecule has 5 heteroatoms. The van der Waals surface area contributed by atoms with Crippen LogP contribution in [0.25, 0.3) is 0 Å². The van der Waals surface area contributed by atoms with E-state index in [1.165, 1.54) is 0 Å². The third-order valence-corrected chi connectivity index (χ3v) is 2.04. The maximum Gasteiger partial charge on any atom is 0.354 e. The molecule has 0 unspecified atom stereocenters. The largest absolute Gasteiger partial charge is 0.458 e. The van der Waals surface area contributed by atoms with E-state index in [4.69, 9.17) is 4.74 Å². The molecule has 0 amide bonds. The third-order valence-electron chi connectivity index (χ3n) is 1.34. The maximum atomic E-state index is 11.2. The molecule has 1 rings (SSSR count). The van der Waals surface area contributed by atoms with Gasteiger partial charge in [-0.15, -0.1) is 0 Å². The maximum absolute atomic E-state index is 11.2. The molecule has 0 aliphatic carbocycles. The average molecular weight is 282 g/mol. The first kappa shape index (κ1) is 9.76. The van der Waals surface area contributed by atoms with Gasteiger partial charge in [-0.2, -0.15) is 5.10 Å². The predicted octanol–water partition coefficient (Wildman–Crippen LogP) is 1.35. The zero-order chi connectivity index (χ0) is 9.14. The quantitative estimate of drug-likeness (QED) is 0.436. The Hall–Kier alpha value is -0.330. The van der Waals surface area contributed by atoms with Crippen molar-refractivity contribution >= 4 is 34.5 Å². The summed E-state index contributed by atoms with van der Waals surface area (Å²) in [6.45, 7) is 4.45. The first-order valence-corrected chi connectivity index (χ1v) is 4.78. The molecule has 0 aromatic carbocycles. The fourth-order valence-electron chi connectivity index (χ4n) is 0.854. The van der Waals surface area contributed by atoms with Crippen LogP contribution in [-0.4, -0.2) is 27.6 Å². The molecule has 0 saturated carbocycles. The van der Waals surface area contributed by atoms with Crippen molar-refractivity contribution in [2.75, 3.05) is 6.54 Å². The van der Waals surface area contributed by atoms with Crippen LogP contribution in [-0.2, 0) is 9.53 Å². The minimum Gasteiger partial charge on any atom is -0.458 e. The standard InChI is InChI=1S/C7H11IN2O2/c1-5(2)12-7(11)6-3-4-10(8)9-6/h5H,3-4H2,1-2H3. The van der Waals surface area contributed by atoms with E-state index in [0.29, 0.717) is 12.1 Å². The number of esters is 1. The lowest BCUT2D eigenvalue weighted by molar-refractivity contribution is -0.139. The number of carbonyl (C=O) groups is 1. The summed E-state index contributed by atoms with van der Waals surface area (Å²) in [5.74, 6) is -0.288. The molecule has 0 radical (unpaired) electrons. The van der Waals surface area contributed by atoms with Gasteiger partial charge in [-0.25, -0.2) is 8.02 Å².